The van der Waals surface area contributed by atoms with Crippen LogP contribution in [0.1, 0.15) is 64.2 Å². The molecular formula is C15H26N2O3. The van der Waals surface area contributed by atoms with Gasteiger partial charge in [-0.05, 0) is 25.7 Å². The Hall–Kier alpha value is -1.26. The molecule has 2 amide bonds. The minimum Gasteiger partial charge on any atom is -0.481 e. The molecule has 0 heterocycles. The van der Waals surface area contributed by atoms with Crippen LogP contribution in [0.3, 0.4) is 0 Å². The molecule has 0 saturated heterocycles. The van der Waals surface area contributed by atoms with E-state index in [4.69, 9.17) is 0 Å². The van der Waals surface area contributed by atoms with Crippen molar-refractivity contribution in [1.29, 1.82) is 0 Å². The van der Waals surface area contributed by atoms with Crippen LogP contribution >= 0.6 is 0 Å². The van der Waals surface area contributed by atoms with Crippen molar-refractivity contribution >= 4 is 12.0 Å². The molecule has 114 valence electrons. The summed E-state index contributed by atoms with van der Waals surface area (Å²) in [4.78, 5) is 23.4. The van der Waals surface area contributed by atoms with Gasteiger partial charge in [0.2, 0.25) is 0 Å². The Labute approximate surface area is 120 Å². The highest BCUT2D eigenvalue weighted by atomic mass is 16.4. The Morgan fingerprint density at radius 2 is 1.40 bits per heavy atom. The molecule has 0 aromatic rings. The molecule has 5 heteroatoms. The molecule has 0 aromatic carbocycles. The summed E-state index contributed by atoms with van der Waals surface area (Å²) < 4.78 is 0. The van der Waals surface area contributed by atoms with Gasteiger partial charge in [0.15, 0.2) is 0 Å². The van der Waals surface area contributed by atoms with Gasteiger partial charge in [0.1, 0.15) is 0 Å². The second-order valence-electron chi connectivity index (χ2n) is 6.14. The fourth-order valence-electron chi connectivity index (χ4n) is 3.42. The Morgan fingerprint density at radius 1 is 0.800 bits per heavy atom. The number of aliphatic carboxylic acids is 1. The van der Waals surface area contributed by atoms with E-state index >= 15 is 0 Å². The summed E-state index contributed by atoms with van der Waals surface area (Å²) in [6.45, 7) is 0. The van der Waals surface area contributed by atoms with Crippen molar-refractivity contribution in [1.82, 2.24) is 10.6 Å². The molecule has 0 aliphatic heterocycles. The van der Waals surface area contributed by atoms with Crippen LogP contribution in [0.25, 0.3) is 0 Å². The average molecular weight is 282 g/mol. The van der Waals surface area contributed by atoms with Crippen molar-refractivity contribution < 1.29 is 14.7 Å². The van der Waals surface area contributed by atoms with Crippen LogP contribution in [0.15, 0.2) is 0 Å². The third-order valence-electron chi connectivity index (χ3n) is 4.59. The van der Waals surface area contributed by atoms with E-state index in [-0.39, 0.29) is 18.1 Å². The second-order valence-corrected chi connectivity index (χ2v) is 6.14. The highest BCUT2D eigenvalue weighted by molar-refractivity contribution is 5.77. The van der Waals surface area contributed by atoms with Crippen molar-refractivity contribution in [2.45, 2.75) is 76.3 Å². The molecule has 20 heavy (non-hydrogen) atoms. The highest BCUT2D eigenvalue weighted by Crippen LogP contribution is 2.24. The number of carbonyl (C=O) groups is 2. The van der Waals surface area contributed by atoms with E-state index in [0.29, 0.717) is 6.42 Å². The minimum atomic E-state index is -0.783. The lowest BCUT2D eigenvalue weighted by molar-refractivity contribution is -0.142. The first kappa shape index (κ1) is 15.1. The van der Waals surface area contributed by atoms with E-state index < -0.39 is 11.9 Å². The molecule has 0 bridgehead atoms. The Bertz CT molecular complexity index is 340. The first-order valence-electron chi connectivity index (χ1n) is 7.96. The van der Waals surface area contributed by atoms with Crippen molar-refractivity contribution in [2.24, 2.45) is 5.92 Å². The SMILES string of the molecule is O=C(NC1CCCCC1)NC1CCCCCC1C(=O)O. The van der Waals surface area contributed by atoms with E-state index in [0.717, 1.165) is 38.5 Å². The molecule has 0 spiro atoms. The molecule has 2 unspecified atom stereocenters. The monoisotopic (exact) mass is 282 g/mol. The third kappa shape index (κ3) is 4.39. The van der Waals surface area contributed by atoms with Gasteiger partial charge in [0.05, 0.1) is 5.92 Å². The number of hydrogen-bond donors (Lipinski definition) is 3. The molecule has 5 nitrogen and oxygen atoms in total. The zero-order valence-corrected chi connectivity index (χ0v) is 12.1. The van der Waals surface area contributed by atoms with Crippen molar-refractivity contribution in [3.05, 3.63) is 0 Å². The zero-order valence-electron chi connectivity index (χ0n) is 12.1. The van der Waals surface area contributed by atoms with Crippen LogP contribution in [0.4, 0.5) is 4.79 Å². The predicted molar refractivity (Wildman–Crippen MR) is 76.5 cm³/mol. The average Bonchev–Trinajstić information content (AvgIpc) is 2.65. The van der Waals surface area contributed by atoms with Crippen LogP contribution < -0.4 is 10.6 Å². The van der Waals surface area contributed by atoms with Crippen molar-refractivity contribution in [2.75, 3.05) is 0 Å². The van der Waals surface area contributed by atoms with E-state index in [1.54, 1.807) is 0 Å². The summed E-state index contributed by atoms with van der Waals surface area (Å²) in [5.41, 5.74) is 0. The van der Waals surface area contributed by atoms with E-state index in [1.165, 1.54) is 19.3 Å². The van der Waals surface area contributed by atoms with Gasteiger partial charge in [0, 0.05) is 12.1 Å². The number of carbonyl (C=O) groups excluding carboxylic acids is 1. The van der Waals surface area contributed by atoms with Crippen molar-refractivity contribution in [3.8, 4) is 0 Å². The molecule has 2 saturated carbocycles. The molecule has 2 aliphatic rings. The summed E-state index contributed by atoms with van der Waals surface area (Å²) in [5, 5.41) is 15.2. The first-order chi connectivity index (χ1) is 9.66. The third-order valence-corrected chi connectivity index (χ3v) is 4.59. The van der Waals surface area contributed by atoms with E-state index in [2.05, 4.69) is 10.6 Å². The van der Waals surface area contributed by atoms with Crippen LogP contribution in [0, 0.1) is 5.92 Å². The molecule has 2 aliphatic carbocycles. The molecule has 3 N–H and O–H groups in total. The predicted octanol–water partition coefficient (Wildman–Crippen LogP) is 2.65. The molecule has 0 aromatic heterocycles. The van der Waals surface area contributed by atoms with Gasteiger partial charge in [-0.25, -0.2) is 4.79 Å². The molecule has 0 radical (unpaired) electrons. The number of amides is 2. The second kappa shape index (κ2) is 7.50. The molecule has 2 atom stereocenters. The number of carboxylic acid groups (broad SMARTS) is 1. The van der Waals surface area contributed by atoms with Gasteiger partial charge in [-0.3, -0.25) is 4.79 Å². The summed E-state index contributed by atoms with van der Waals surface area (Å²) in [6, 6.07) is -0.147. The topological polar surface area (TPSA) is 78.4 Å². The lowest BCUT2D eigenvalue weighted by Gasteiger charge is -2.27. The van der Waals surface area contributed by atoms with E-state index in [1.807, 2.05) is 0 Å². The largest absolute Gasteiger partial charge is 0.481 e. The van der Waals surface area contributed by atoms with Gasteiger partial charge in [0.25, 0.3) is 0 Å². The fourth-order valence-corrected chi connectivity index (χ4v) is 3.42. The Kier molecular flexibility index (Phi) is 5.68. The summed E-state index contributed by atoms with van der Waals surface area (Å²) >= 11 is 0. The summed E-state index contributed by atoms with van der Waals surface area (Å²) in [6.07, 6.45) is 10.1. The van der Waals surface area contributed by atoms with Crippen LogP contribution in [0.5, 0.6) is 0 Å². The van der Waals surface area contributed by atoms with Crippen LogP contribution in [-0.4, -0.2) is 29.2 Å². The Balaban J connectivity index is 1.85. The first-order valence-corrected chi connectivity index (χ1v) is 7.96. The maximum absolute atomic E-state index is 12.0. The number of hydrogen-bond acceptors (Lipinski definition) is 2. The maximum Gasteiger partial charge on any atom is 0.315 e. The standard InChI is InChI=1S/C15H26N2O3/c18-14(19)12-9-5-2-6-10-13(12)17-15(20)16-11-7-3-1-4-8-11/h11-13H,1-10H2,(H,18,19)(H2,16,17,20). The highest BCUT2D eigenvalue weighted by Gasteiger charge is 2.31. The lowest BCUT2D eigenvalue weighted by atomic mass is 9.94. The quantitative estimate of drug-likeness (QED) is 0.696. The fraction of sp³-hybridized carbons (Fsp3) is 0.867. The Morgan fingerprint density at radius 3 is 2.05 bits per heavy atom. The number of urea groups is 1. The number of carboxylic acids is 1. The summed E-state index contributed by atoms with van der Waals surface area (Å²) in [7, 11) is 0. The lowest BCUT2D eigenvalue weighted by Crippen LogP contribution is -2.50. The number of rotatable bonds is 3. The van der Waals surface area contributed by atoms with Crippen LogP contribution in [0.2, 0.25) is 0 Å². The smallest absolute Gasteiger partial charge is 0.315 e. The van der Waals surface area contributed by atoms with Crippen molar-refractivity contribution in [3.63, 3.8) is 0 Å². The van der Waals surface area contributed by atoms with Gasteiger partial charge in [-0.15, -0.1) is 0 Å². The zero-order chi connectivity index (χ0) is 14.4. The maximum atomic E-state index is 12.0. The molecule has 2 rings (SSSR count). The minimum absolute atomic E-state index is 0.185. The van der Waals surface area contributed by atoms with Gasteiger partial charge in [-0.2, -0.15) is 0 Å². The summed E-state index contributed by atoms with van der Waals surface area (Å²) in [5.74, 6) is -1.22. The van der Waals surface area contributed by atoms with Gasteiger partial charge >= 0.3 is 12.0 Å². The number of nitrogens with one attached hydrogen (secondary N) is 2. The van der Waals surface area contributed by atoms with Gasteiger partial charge < -0.3 is 15.7 Å². The van der Waals surface area contributed by atoms with Crippen LogP contribution in [-0.2, 0) is 4.79 Å². The van der Waals surface area contributed by atoms with E-state index in [9.17, 15) is 14.7 Å². The molecular weight excluding hydrogens is 256 g/mol. The van der Waals surface area contributed by atoms with Gasteiger partial charge in [-0.1, -0.05) is 38.5 Å². The normalized spacial score (nSPS) is 28.4. The molecule has 2 fully saturated rings.